The van der Waals surface area contributed by atoms with Gasteiger partial charge in [0, 0.05) is 18.7 Å². The number of ether oxygens (including phenoxy) is 1. The van der Waals surface area contributed by atoms with Gasteiger partial charge >= 0.3 is 0 Å². The number of nitrogens with zero attached hydrogens (tertiary/aromatic N) is 1. The summed E-state index contributed by atoms with van der Waals surface area (Å²) in [6.07, 6.45) is 1.28. The number of rotatable bonds is 4. The monoisotopic (exact) mass is 235 g/mol. The van der Waals surface area contributed by atoms with Gasteiger partial charge in [0.05, 0.1) is 12.7 Å². The van der Waals surface area contributed by atoms with E-state index >= 15 is 0 Å². The maximum absolute atomic E-state index is 13.3. The van der Waals surface area contributed by atoms with Gasteiger partial charge in [0.2, 0.25) is 5.91 Å². The molecule has 1 heterocycles. The Balaban J connectivity index is 1.77. The average Bonchev–Trinajstić information content (AvgIpc) is 2.28. The van der Waals surface area contributed by atoms with Crippen LogP contribution in [0.15, 0.2) is 36.9 Å². The highest BCUT2D eigenvalue weighted by Gasteiger charge is 2.29. The summed E-state index contributed by atoms with van der Waals surface area (Å²) >= 11 is 0. The first kappa shape index (κ1) is 11.8. The van der Waals surface area contributed by atoms with Crippen molar-refractivity contribution in [1.82, 2.24) is 4.90 Å². The molecule has 0 bridgehead atoms. The number of amides is 1. The molecule has 1 saturated heterocycles. The van der Waals surface area contributed by atoms with Gasteiger partial charge in [-0.2, -0.15) is 0 Å². The summed E-state index contributed by atoms with van der Waals surface area (Å²) in [4.78, 5) is 12.8. The molecule has 17 heavy (non-hydrogen) atoms. The molecule has 0 unspecified atom stereocenters. The van der Waals surface area contributed by atoms with E-state index < -0.39 is 0 Å². The highest BCUT2D eigenvalue weighted by atomic mass is 19.1. The molecule has 0 saturated carbocycles. The molecule has 0 spiro atoms. The topological polar surface area (TPSA) is 29.5 Å². The van der Waals surface area contributed by atoms with Crippen LogP contribution in [0, 0.1) is 5.82 Å². The third kappa shape index (κ3) is 2.71. The van der Waals surface area contributed by atoms with Crippen LogP contribution in [0.5, 0.6) is 0 Å². The van der Waals surface area contributed by atoms with E-state index in [0.717, 1.165) is 0 Å². The molecule has 1 aliphatic heterocycles. The van der Waals surface area contributed by atoms with Crippen molar-refractivity contribution in [2.45, 2.75) is 12.7 Å². The molecule has 1 aromatic carbocycles. The van der Waals surface area contributed by atoms with Crippen molar-refractivity contribution >= 4 is 5.91 Å². The Kier molecular flexibility index (Phi) is 3.54. The van der Waals surface area contributed by atoms with Gasteiger partial charge in [-0.3, -0.25) is 4.79 Å². The SMILES string of the molecule is C=CC(=O)N1CC(OCc2ccccc2F)C1. The fourth-order valence-corrected chi connectivity index (χ4v) is 1.68. The molecule has 3 nitrogen and oxygen atoms in total. The predicted molar refractivity (Wildman–Crippen MR) is 61.8 cm³/mol. The fraction of sp³-hybridized carbons (Fsp3) is 0.308. The van der Waals surface area contributed by atoms with Crippen molar-refractivity contribution in [3.05, 3.63) is 48.3 Å². The summed E-state index contributed by atoms with van der Waals surface area (Å²) in [6, 6.07) is 6.52. The largest absolute Gasteiger partial charge is 0.370 e. The molecule has 0 N–H and O–H groups in total. The zero-order valence-corrected chi connectivity index (χ0v) is 9.43. The van der Waals surface area contributed by atoms with E-state index in [1.54, 1.807) is 23.1 Å². The van der Waals surface area contributed by atoms with Crippen molar-refractivity contribution in [2.75, 3.05) is 13.1 Å². The molecule has 90 valence electrons. The number of hydrogen-bond donors (Lipinski definition) is 0. The van der Waals surface area contributed by atoms with Crippen LogP contribution in [0.1, 0.15) is 5.56 Å². The summed E-state index contributed by atoms with van der Waals surface area (Å²) in [5, 5.41) is 0. The first-order valence-corrected chi connectivity index (χ1v) is 5.47. The first-order valence-electron chi connectivity index (χ1n) is 5.47. The Labute approximate surface area is 99.5 Å². The van der Waals surface area contributed by atoms with E-state index in [9.17, 15) is 9.18 Å². The predicted octanol–water partition coefficient (Wildman–Crippen LogP) is 1.74. The van der Waals surface area contributed by atoms with Crippen molar-refractivity contribution in [3.8, 4) is 0 Å². The summed E-state index contributed by atoms with van der Waals surface area (Å²) in [5.41, 5.74) is 0.543. The highest BCUT2D eigenvalue weighted by molar-refractivity contribution is 5.87. The molecule has 0 atom stereocenters. The standard InChI is InChI=1S/C13H14FNO2/c1-2-13(16)15-7-11(8-15)17-9-10-5-3-4-6-12(10)14/h2-6,11H,1,7-9H2. The molecule has 0 aromatic heterocycles. The van der Waals surface area contributed by atoms with Gasteiger partial charge in [0.15, 0.2) is 0 Å². The molecular weight excluding hydrogens is 221 g/mol. The van der Waals surface area contributed by atoms with Gasteiger partial charge in [0.25, 0.3) is 0 Å². The second-order valence-corrected chi connectivity index (χ2v) is 3.97. The summed E-state index contributed by atoms with van der Waals surface area (Å²) in [7, 11) is 0. The second-order valence-electron chi connectivity index (χ2n) is 3.97. The van der Waals surface area contributed by atoms with Crippen molar-refractivity contribution in [3.63, 3.8) is 0 Å². The first-order chi connectivity index (χ1) is 8.20. The molecule has 1 fully saturated rings. The van der Waals surface area contributed by atoms with Gasteiger partial charge in [-0.25, -0.2) is 4.39 Å². The van der Waals surface area contributed by atoms with Gasteiger partial charge in [-0.05, 0) is 12.1 Å². The number of benzene rings is 1. The molecule has 0 radical (unpaired) electrons. The van der Waals surface area contributed by atoms with Crippen LogP contribution >= 0.6 is 0 Å². The molecule has 2 rings (SSSR count). The van der Waals surface area contributed by atoms with E-state index in [4.69, 9.17) is 4.74 Å². The zero-order valence-electron chi connectivity index (χ0n) is 9.43. The van der Waals surface area contributed by atoms with Crippen LogP contribution in [-0.2, 0) is 16.1 Å². The van der Waals surface area contributed by atoms with Crippen molar-refractivity contribution < 1.29 is 13.9 Å². The minimum Gasteiger partial charge on any atom is -0.370 e. The van der Waals surface area contributed by atoms with Crippen LogP contribution in [0.4, 0.5) is 4.39 Å². The molecule has 1 amide bonds. The maximum atomic E-state index is 13.3. The normalized spacial score (nSPS) is 15.5. The molecular formula is C13H14FNO2. The van der Waals surface area contributed by atoms with E-state index in [0.29, 0.717) is 18.7 Å². The van der Waals surface area contributed by atoms with Gasteiger partial charge < -0.3 is 9.64 Å². The Morgan fingerprint density at radius 3 is 2.88 bits per heavy atom. The number of carbonyl (C=O) groups excluding carboxylic acids is 1. The third-order valence-corrected chi connectivity index (χ3v) is 2.77. The molecule has 1 aliphatic rings. The quantitative estimate of drug-likeness (QED) is 0.744. The Morgan fingerprint density at radius 1 is 1.53 bits per heavy atom. The lowest BCUT2D eigenvalue weighted by molar-refractivity contribution is -0.140. The van der Waals surface area contributed by atoms with E-state index in [2.05, 4.69) is 6.58 Å². The van der Waals surface area contributed by atoms with Gasteiger partial charge in [0.1, 0.15) is 5.82 Å². The van der Waals surface area contributed by atoms with Crippen molar-refractivity contribution in [1.29, 1.82) is 0 Å². The Bertz CT molecular complexity index is 427. The minimum absolute atomic E-state index is 0.00138. The summed E-state index contributed by atoms with van der Waals surface area (Å²) in [5.74, 6) is -0.346. The number of likely N-dealkylation sites (tertiary alicyclic amines) is 1. The lowest BCUT2D eigenvalue weighted by Gasteiger charge is -2.38. The zero-order chi connectivity index (χ0) is 12.3. The molecule has 1 aromatic rings. The Hall–Kier alpha value is -1.68. The Morgan fingerprint density at radius 2 is 2.24 bits per heavy atom. The second kappa shape index (κ2) is 5.10. The van der Waals surface area contributed by atoms with Gasteiger partial charge in [-0.15, -0.1) is 0 Å². The maximum Gasteiger partial charge on any atom is 0.246 e. The van der Waals surface area contributed by atoms with Crippen LogP contribution in [0.2, 0.25) is 0 Å². The molecule has 4 heteroatoms. The summed E-state index contributed by atoms with van der Waals surface area (Å²) < 4.78 is 18.8. The molecule has 0 aliphatic carbocycles. The smallest absolute Gasteiger partial charge is 0.246 e. The number of hydrogen-bond acceptors (Lipinski definition) is 2. The van der Waals surface area contributed by atoms with Crippen molar-refractivity contribution in [2.24, 2.45) is 0 Å². The number of halogens is 1. The fourth-order valence-electron chi connectivity index (χ4n) is 1.68. The van der Waals surface area contributed by atoms with Crippen LogP contribution in [-0.4, -0.2) is 30.0 Å². The lowest BCUT2D eigenvalue weighted by Crippen LogP contribution is -2.54. The van der Waals surface area contributed by atoms with E-state index in [1.165, 1.54) is 12.1 Å². The highest BCUT2D eigenvalue weighted by Crippen LogP contribution is 2.15. The van der Waals surface area contributed by atoms with Crippen LogP contribution < -0.4 is 0 Å². The number of carbonyl (C=O) groups is 1. The summed E-state index contributed by atoms with van der Waals surface area (Å²) in [6.45, 7) is 4.77. The van der Waals surface area contributed by atoms with Gasteiger partial charge in [-0.1, -0.05) is 24.8 Å². The third-order valence-electron chi connectivity index (χ3n) is 2.77. The minimum atomic E-state index is -0.258. The van der Waals surface area contributed by atoms with E-state index in [-0.39, 0.29) is 24.4 Å². The van der Waals surface area contributed by atoms with E-state index in [1.807, 2.05) is 0 Å². The average molecular weight is 235 g/mol. The lowest BCUT2D eigenvalue weighted by atomic mass is 10.1. The van der Waals surface area contributed by atoms with Crippen LogP contribution in [0.25, 0.3) is 0 Å². The van der Waals surface area contributed by atoms with Crippen LogP contribution in [0.3, 0.4) is 0 Å².